The Bertz CT molecular complexity index is 896. The molecule has 116 valence electrons. The number of benzene rings is 1. The van der Waals surface area contributed by atoms with Crippen molar-refractivity contribution in [3.63, 3.8) is 0 Å². The van der Waals surface area contributed by atoms with E-state index in [1.165, 1.54) is 7.11 Å². The number of nitrogens with two attached hydrogens (primary N) is 1. The lowest BCUT2D eigenvalue weighted by atomic mass is 9.96. The Labute approximate surface area is 127 Å². The fraction of sp³-hybridized carbons (Fsp3) is 0.286. The smallest absolute Gasteiger partial charge is 0.250 e. The third-order valence-electron chi connectivity index (χ3n) is 3.77. The molecule has 0 saturated heterocycles. The van der Waals surface area contributed by atoms with E-state index in [2.05, 4.69) is 10.2 Å². The first kappa shape index (κ1) is 14.6. The molecule has 22 heavy (non-hydrogen) atoms. The molecule has 0 fully saturated rings. The second-order valence-electron chi connectivity index (χ2n) is 5.12. The van der Waals surface area contributed by atoms with Crippen LogP contribution in [0.1, 0.15) is 22.3 Å². The van der Waals surface area contributed by atoms with Gasteiger partial charge >= 0.3 is 0 Å². The number of amides is 1. The van der Waals surface area contributed by atoms with Crippen molar-refractivity contribution in [2.45, 2.75) is 6.42 Å². The maximum atomic E-state index is 11.7. The van der Waals surface area contributed by atoms with Crippen LogP contribution < -0.4 is 10.5 Å². The zero-order chi connectivity index (χ0) is 15.9. The molecule has 1 aromatic heterocycles. The van der Waals surface area contributed by atoms with Gasteiger partial charge in [0.15, 0.2) is 9.84 Å². The molecule has 0 bridgehead atoms. The van der Waals surface area contributed by atoms with Crippen LogP contribution in [0.3, 0.4) is 0 Å². The summed E-state index contributed by atoms with van der Waals surface area (Å²) < 4.78 is 28.6. The number of methoxy groups -OCH3 is 1. The summed E-state index contributed by atoms with van der Waals surface area (Å²) in [6.07, 6.45) is 3.60. The number of fused-ring (bicyclic) bond motifs is 1. The molecule has 1 aliphatic rings. The Morgan fingerprint density at radius 1 is 1.45 bits per heavy atom. The van der Waals surface area contributed by atoms with Gasteiger partial charge in [0.2, 0.25) is 0 Å². The maximum Gasteiger partial charge on any atom is 0.250 e. The van der Waals surface area contributed by atoms with Crippen molar-refractivity contribution in [3.05, 3.63) is 29.5 Å². The Morgan fingerprint density at radius 2 is 2.23 bits per heavy atom. The van der Waals surface area contributed by atoms with Gasteiger partial charge in [-0.25, -0.2) is 8.42 Å². The number of allylic oxidation sites excluding steroid dienone is 1. The number of sulfone groups is 1. The lowest BCUT2D eigenvalue weighted by molar-refractivity contribution is 0.100. The van der Waals surface area contributed by atoms with Crippen molar-refractivity contribution in [2.75, 3.05) is 18.6 Å². The van der Waals surface area contributed by atoms with Crippen LogP contribution in [0.4, 0.5) is 0 Å². The number of nitrogens with zero attached hydrogens (tertiary/aromatic N) is 1. The van der Waals surface area contributed by atoms with Gasteiger partial charge in [0.05, 0.1) is 41.3 Å². The number of carbonyl (C=O) groups is 1. The normalized spacial score (nSPS) is 17.2. The fourth-order valence-corrected chi connectivity index (χ4v) is 3.82. The largest absolute Gasteiger partial charge is 0.495 e. The Hall–Kier alpha value is -2.35. The van der Waals surface area contributed by atoms with Crippen LogP contribution >= 0.6 is 0 Å². The topological polar surface area (TPSA) is 115 Å². The highest BCUT2D eigenvalue weighted by molar-refractivity contribution is 7.91. The first-order valence-electron chi connectivity index (χ1n) is 6.66. The van der Waals surface area contributed by atoms with E-state index in [0.717, 1.165) is 5.57 Å². The summed E-state index contributed by atoms with van der Waals surface area (Å²) in [5.74, 6) is 0.0412. The van der Waals surface area contributed by atoms with Crippen LogP contribution in [0, 0.1) is 0 Å². The Morgan fingerprint density at radius 3 is 2.82 bits per heavy atom. The van der Waals surface area contributed by atoms with Crippen molar-refractivity contribution in [3.8, 4) is 5.75 Å². The van der Waals surface area contributed by atoms with Gasteiger partial charge in [-0.05, 0) is 18.1 Å². The van der Waals surface area contributed by atoms with Crippen molar-refractivity contribution in [1.82, 2.24) is 10.2 Å². The second-order valence-corrected chi connectivity index (χ2v) is 7.35. The molecule has 0 aliphatic carbocycles. The monoisotopic (exact) mass is 321 g/mol. The van der Waals surface area contributed by atoms with E-state index in [1.54, 1.807) is 18.3 Å². The molecule has 0 saturated carbocycles. The van der Waals surface area contributed by atoms with Crippen LogP contribution in [0.2, 0.25) is 0 Å². The molecular weight excluding hydrogens is 306 g/mol. The van der Waals surface area contributed by atoms with Gasteiger partial charge in [0.25, 0.3) is 5.91 Å². The van der Waals surface area contributed by atoms with E-state index in [9.17, 15) is 13.2 Å². The zero-order valence-electron chi connectivity index (χ0n) is 11.9. The van der Waals surface area contributed by atoms with Gasteiger partial charge in [-0.15, -0.1) is 0 Å². The van der Waals surface area contributed by atoms with Gasteiger partial charge < -0.3 is 10.5 Å². The molecule has 1 amide bonds. The van der Waals surface area contributed by atoms with Crippen molar-refractivity contribution >= 4 is 32.2 Å². The molecule has 0 atom stereocenters. The van der Waals surface area contributed by atoms with E-state index in [1.807, 2.05) is 0 Å². The molecule has 3 rings (SSSR count). The Kier molecular flexibility index (Phi) is 3.40. The number of nitrogens with one attached hydrogen (secondary N) is 1. The number of aromatic amines is 1. The minimum absolute atomic E-state index is 0.0131. The maximum absolute atomic E-state index is 11.7. The van der Waals surface area contributed by atoms with Crippen molar-refractivity contribution in [1.29, 1.82) is 0 Å². The lowest BCUT2D eigenvalue weighted by Crippen LogP contribution is -2.16. The summed E-state index contributed by atoms with van der Waals surface area (Å²) in [5.41, 5.74) is 7.76. The number of carbonyl (C=O) groups excluding carboxylic acids is 1. The summed E-state index contributed by atoms with van der Waals surface area (Å²) in [6, 6.07) is 1.63. The first-order chi connectivity index (χ1) is 10.4. The summed E-state index contributed by atoms with van der Waals surface area (Å²) in [6.45, 7) is 0. The predicted molar refractivity (Wildman–Crippen MR) is 82.4 cm³/mol. The lowest BCUT2D eigenvalue weighted by Gasteiger charge is -2.18. The third-order valence-corrected chi connectivity index (χ3v) is 5.27. The number of aromatic nitrogens is 2. The van der Waals surface area contributed by atoms with Crippen LogP contribution in [0.15, 0.2) is 18.3 Å². The van der Waals surface area contributed by atoms with Gasteiger partial charge in [-0.2, -0.15) is 5.10 Å². The number of ether oxygens (including phenoxy) is 1. The van der Waals surface area contributed by atoms with Gasteiger partial charge in [-0.3, -0.25) is 9.89 Å². The number of hydrogen-bond donors (Lipinski definition) is 2. The standard InChI is InChI=1S/C14H15N3O4S/c1-21-13-9(8-2-4-22(19,20)5-3-8)6-10(14(15)18)12-11(13)7-16-17-12/h2,6-7H,3-5H2,1H3,(H2,15,18)(H,16,17). The fourth-order valence-electron chi connectivity index (χ4n) is 2.67. The highest BCUT2D eigenvalue weighted by atomic mass is 32.2. The minimum Gasteiger partial charge on any atom is -0.495 e. The molecule has 2 heterocycles. The molecular formula is C14H15N3O4S. The van der Waals surface area contributed by atoms with Crippen LogP contribution in [-0.4, -0.2) is 43.1 Å². The summed E-state index contributed by atoms with van der Waals surface area (Å²) in [5, 5.41) is 7.32. The van der Waals surface area contributed by atoms with Crippen molar-refractivity contribution < 1.29 is 17.9 Å². The minimum atomic E-state index is -3.03. The van der Waals surface area contributed by atoms with Gasteiger partial charge in [-0.1, -0.05) is 6.08 Å². The second kappa shape index (κ2) is 5.13. The summed E-state index contributed by atoms with van der Waals surface area (Å²) >= 11 is 0. The molecule has 1 aromatic carbocycles. The highest BCUT2D eigenvalue weighted by Gasteiger charge is 2.23. The van der Waals surface area contributed by atoms with E-state index in [4.69, 9.17) is 10.5 Å². The Balaban J connectivity index is 2.25. The summed E-state index contributed by atoms with van der Waals surface area (Å²) in [7, 11) is -1.51. The average molecular weight is 321 g/mol. The van der Waals surface area contributed by atoms with Gasteiger partial charge in [0.1, 0.15) is 5.75 Å². The third kappa shape index (κ3) is 2.35. The number of H-pyrrole nitrogens is 1. The zero-order valence-corrected chi connectivity index (χ0v) is 12.7. The molecule has 0 spiro atoms. The highest BCUT2D eigenvalue weighted by Crippen LogP contribution is 2.37. The quantitative estimate of drug-likeness (QED) is 0.870. The van der Waals surface area contributed by atoms with E-state index in [-0.39, 0.29) is 11.5 Å². The van der Waals surface area contributed by atoms with E-state index >= 15 is 0 Å². The number of rotatable bonds is 3. The van der Waals surface area contributed by atoms with Crippen LogP contribution in [0.25, 0.3) is 16.5 Å². The molecule has 8 heteroatoms. The van der Waals surface area contributed by atoms with E-state index in [0.29, 0.717) is 34.2 Å². The predicted octanol–water partition coefficient (Wildman–Crippen LogP) is 0.872. The van der Waals surface area contributed by atoms with Crippen LogP contribution in [-0.2, 0) is 9.84 Å². The molecule has 1 aliphatic heterocycles. The van der Waals surface area contributed by atoms with Crippen molar-refractivity contribution in [2.24, 2.45) is 5.73 Å². The average Bonchev–Trinajstić information content (AvgIpc) is 2.94. The molecule has 0 radical (unpaired) electrons. The molecule has 0 unspecified atom stereocenters. The first-order valence-corrected chi connectivity index (χ1v) is 8.49. The molecule has 3 N–H and O–H groups in total. The number of primary amides is 1. The molecule has 7 nitrogen and oxygen atoms in total. The van der Waals surface area contributed by atoms with E-state index < -0.39 is 15.7 Å². The summed E-state index contributed by atoms with van der Waals surface area (Å²) in [4.78, 5) is 11.7. The van der Waals surface area contributed by atoms with Crippen LogP contribution in [0.5, 0.6) is 5.75 Å². The number of hydrogen-bond acceptors (Lipinski definition) is 5. The SMILES string of the molecule is COc1c(C2=CCS(=O)(=O)CC2)cc(C(N)=O)c2[nH]ncc12. The van der Waals surface area contributed by atoms with Gasteiger partial charge in [0, 0.05) is 5.56 Å². The molecule has 2 aromatic rings.